The standard InChI is InChI=1S/C24H38O/c1-17-15-21(25-7)16-19(18(17)2)10-11-20-9-8-12-24(6)22(3,4)13-14-23(20,24)5/h10-11,17,21H,2,8-9,12-16H2,1,3-7H3/b19-10-,20-11+/t17?,21-,23-,24+/m0/s1. The number of allylic oxidation sites excluding steroid dienone is 4. The average Bonchev–Trinajstić information content (AvgIpc) is 2.76. The predicted octanol–water partition coefficient (Wildman–Crippen LogP) is 6.86. The Morgan fingerprint density at radius 1 is 1.08 bits per heavy atom. The van der Waals surface area contributed by atoms with Gasteiger partial charge < -0.3 is 4.74 Å². The molecule has 0 N–H and O–H groups in total. The molecule has 0 aromatic rings. The first kappa shape index (κ1) is 19.0. The summed E-state index contributed by atoms with van der Waals surface area (Å²) in [5.74, 6) is 0.529. The highest BCUT2D eigenvalue weighted by Crippen LogP contribution is 2.69. The van der Waals surface area contributed by atoms with E-state index in [1.165, 1.54) is 43.3 Å². The van der Waals surface area contributed by atoms with Crippen molar-refractivity contribution in [2.45, 2.75) is 85.7 Å². The number of ether oxygens (including phenoxy) is 1. The minimum absolute atomic E-state index is 0.350. The third kappa shape index (κ3) is 2.87. The zero-order valence-electron chi connectivity index (χ0n) is 17.4. The van der Waals surface area contributed by atoms with Crippen LogP contribution in [0, 0.1) is 22.2 Å². The van der Waals surface area contributed by atoms with E-state index in [0.29, 0.717) is 28.3 Å². The van der Waals surface area contributed by atoms with Crippen LogP contribution in [0.4, 0.5) is 0 Å². The second-order valence-corrected chi connectivity index (χ2v) is 10.0. The molecule has 3 fully saturated rings. The van der Waals surface area contributed by atoms with Crippen LogP contribution in [0.2, 0.25) is 0 Å². The minimum atomic E-state index is 0.350. The molecule has 25 heavy (non-hydrogen) atoms. The zero-order chi connectivity index (χ0) is 18.5. The van der Waals surface area contributed by atoms with Gasteiger partial charge >= 0.3 is 0 Å². The Kier molecular flexibility index (Phi) is 4.86. The molecule has 3 rings (SSSR count). The van der Waals surface area contributed by atoms with Gasteiger partial charge in [-0.25, -0.2) is 0 Å². The normalized spacial score (nSPS) is 44.3. The molecular formula is C24H38O. The van der Waals surface area contributed by atoms with Gasteiger partial charge in [0.1, 0.15) is 0 Å². The molecule has 0 heterocycles. The molecule has 0 aliphatic heterocycles. The Balaban J connectivity index is 1.92. The Hall–Kier alpha value is -0.820. The van der Waals surface area contributed by atoms with Crippen molar-refractivity contribution < 1.29 is 4.74 Å². The number of rotatable bonds is 2. The molecule has 140 valence electrons. The maximum atomic E-state index is 5.66. The molecule has 1 nitrogen and oxygen atoms in total. The topological polar surface area (TPSA) is 9.23 Å². The average molecular weight is 343 g/mol. The summed E-state index contributed by atoms with van der Waals surface area (Å²) in [6.07, 6.45) is 14.0. The maximum absolute atomic E-state index is 5.66. The Bertz CT molecular complexity index is 608. The van der Waals surface area contributed by atoms with Gasteiger partial charge in [-0.05, 0) is 78.3 Å². The van der Waals surface area contributed by atoms with Crippen molar-refractivity contribution in [3.05, 3.63) is 35.5 Å². The van der Waals surface area contributed by atoms with Gasteiger partial charge in [0.05, 0.1) is 6.10 Å². The van der Waals surface area contributed by atoms with Crippen molar-refractivity contribution in [1.29, 1.82) is 0 Å². The fourth-order valence-corrected chi connectivity index (χ4v) is 6.03. The van der Waals surface area contributed by atoms with E-state index in [0.717, 1.165) is 12.8 Å². The Morgan fingerprint density at radius 3 is 2.48 bits per heavy atom. The fourth-order valence-electron chi connectivity index (χ4n) is 6.03. The highest BCUT2D eigenvalue weighted by atomic mass is 16.5. The second-order valence-electron chi connectivity index (χ2n) is 10.0. The van der Waals surface area contributed by atoms with Gasteiger partial charge in [-0.2, -0.15) is 0 Å². The molecule has 0 saturated heterocycles. The highest BCUT2D eigenvalue weighted by molar-refractivity contribution is 5.39. The molecule has 3 aliphatic rings. The minimum Gasteiger partial charge on any atom is -0.381 e. The molecular weight excluding hydrogens is 304 g/mol. The molecule has 0 radical (unpaired) electrons. The first-order valence-corrected chi connectivity index (χ1v) is 10.3. The maximum Gasteiger partial charge on any atom is 0.0617 e. The van der Waals surface area contributed by atoms with E-state index in [9.17, 15) is 0 Å². The van der Waals surface area contributed by atoms with Crippen LogP contribution in [0.25, 0.3) is 0 Å². The molecule has 0 bridgehead atoms. The lowest BCUT2D eigenvalue weighted by Gasteiger charge is -2.53. The van der Waals surface area contributed by atoms with E-state index in [1.54, 1.807) is 5.57 Å². The summed E-state index contributed by atoms with van der Waals surface area (Å²) >= 11 is 0. The third-order valence-corrected chi connectivity index (χ3v) is 8.68. The largest absolute Gasteiger partial charge is 0.381 e. The molecule has 0 aromatic heterocycles. The lowest BCUT2D eigenvalue weighted by atomic mass is 9.51. The molecule has 0 spiro atoms. The van der Waals surface area contributed by atoms with Gasteiger partial charge in [0.25, 0.3) is 0 Å². The van der Waals surface area contributed by atoms with E-state index in [1.807, 2.05) is 7.11 Å². The number of methoxy groups -OCH3 is 1. The monoisotopic (exact) mass is 342 g/mol. The van der Waals surface area contributed by atoms with Crippen LogP contribution in [0.15, 0.2) is 35.5 Å². The summed E-state index contributed by atoms with van der Waals surface area (Å²) in [5, 5.41) is 0. The highest BCUT2D eigenvalue weighted by Gasteiger charge is 2.60. The molecule has 0 amide bonds. The summed E-state index contributed by atoms with van der Waals surface area (Å²) in [4.78, 5) is 0. The van der Waals surface area contributed by atoms with Crippen LogP contribution in [0.5, 0.6) is 0 Å². The lowest BCUT2D eigenvalue weighted by molar-refractivity contribution is 0.0121. The summed E-state index contributed by atoms with van der Waals surface area (Å²) in [6.45, 7) is 16.7. The van der Waals surface area contributed by atoms with Crippen LogP contribution in [-0.2, 0) is 4.74 Å². The van der Waals surface area contributed by atoms with Gasteiger partial charge in [0.2, 0.25) is 0 Å². The quantitative estimate of drug-likeness (QED) is 0.533. The van der Waals surface area contributed by atoms with Gasteiger partial charge in [-0.1, -0.05) is 58.9 Å². The van der Waals surface area contributed by atoms with Crippen LogP contribution in [0.3, 0.4) is 0 Å². The van der Waals surface area contributed by atoms with Crippen LogP contribution in [0.1, 0.15) is 79.6 Å². The van der Waals surface area contributed by atoms with E-state index < -0.39 is 0 Å². The molecule has 0 aromatic carbocycles. The fraction of sp³-hybridized carbons (Fsp3) is 0.750. The molecule has 3 saturated carbocycles. The Labute approximate surface area is 155 Å². The summed E-state index contributed by atoms with van der Waals surface area (Å²) in [7, 11) is 1.84. The molecule has 4 atom stereocenters. The van der Waals surface area contributed by atoms with Gasteiger partial charge in [-0.3, -0.25) is 0 Å². The smallest absolute Gasteiger partial charge is 0.0617 e. The molecule has 1 unspecified atom stereocenters. The summed E-state index contributed by atoms with van der Waals surface area (Å²) < 4.78 is 5.66. The van der Waals surface area contributed by atoms with Crippen molar-refractivity contribution in [2.75, 3.05) is 7.11 Å². The SMILES string of the molecule is C=C1/C(=C\C=C2/CCC[C@]3(C)C(C)(C)CC[C@@]23C)C[C@@H](OC)CC1C. The van der Waals surface area contributed by atoms with Crippen LogP contribution in [-0.4, -0.2) is 13.2 Å². The van der Waals surface area contributed by atoms with E-state index >= 15 is 0 Å². The number of fused-ring (bicyclic) bond motifs is 1. The Morgan fingerprint density at radius 2 is 1.80 bits per heavy atom. The van der Waals surface area contributed by atoms with Crippen molar-refractivity contribution in [3.63, 3.8) is 0 Å². The second kappa shape index (κ2) is 6.41. The van der Waals surface area contributed by atoms with E-state index in [-0.39, 0.29) is 0 Å². The molecule has 3 aliphatic carbocycles. The first-order chi connectivity index (χ1) is 11.6. The van der Waals surface area contributed by atoms with Crippen LogP contribution < -0.4 is 0 Å². The third-order valence-electron chi connectivity index (χ3n) is 8.68. The van der Waals surface area contributed by atoms with Crippen molar-refractivity contribution in [1.82, 2.24) is 0 Å². The van der Waals surface area contributed by atoms with Gasteiger partial charge in [-0.15, -0.1) is 0 Å². The van der Waals surface area contributed by atoms with Crippen molar-refractivity contribution >= 4 is 0 Å². The number of hydrogen-bond acceptors (Lipinski definition) is 1. The van der Waals surface area contributed by atoms with E-state index in [4.69, 9.17) is 4.74 Å². The summed E-state index contributed by atoms with van der Waals surface area (Å²) in [6, 6.07) is 0. The number of hydrogen-bond donors (Lipinski definition) is 0. The van der Waals surface area contributed by atoms with Gasteiger partial charge in [0, 0.05) is 7.11 Å². The molecule has 1 heteroatoms. The van der Waals surface area contributed by atoms with Crippen LogP contribution >= 0.6 is 0 Å². The van der Waals surface area contributed by atoms with Gasteiger partial charge in [0.15, 0.2) is 0 Å². The first-order valence-electron chi connectivity index (χ1n) is 10.3. The summed E-state index contributed by atoms with van der Waals surface area (Å²) in [5.41, 5.74) is 5.63. The lowest BCUT2D eigenvalue weighted by Crippen LogP contribution is -2.44. The van der Waals surface area contributed by atoms with Crippen molar-refractivity contribution in [2.24, 2.45) is 22.2 Å². The zero-order valence-corrected chi connectivity index (χ0v) is 17.4. The predicted molar refractivity (Wildman–Crippen MR) is 108 cm³/mol. The van der Waals surface area contributed by atoms with E-state index in [2.05, 4.69) is 53.3 Å². The van der Waals surface area contributed by atoms with Crippen molar-refractivity contribution in [3.8, 4) is 0 Å².